The van der Waals surface area contributed by atoms with Crippen LogP contribution < -0.4 is 0 Å². The van der Waals surface area contributed by atoms with Crippen molar-refractivity contribution >= 4 is 11.8 Å². The number of rotatable bonds is 4. The first-order valence-electron chi connectivity index (χ1n) is 4.16. The molecule has 1 atom stereocenters. The summed E-state index contributed by atoms with van der Waals surface area (Å²) in [7, 11) is 0. The van der Waals surface area contributed by atoms with Crippen molar-refractivity contribution in [3.63, 3.8) is 0 Å². The molecular formula is C10H14OS. The molecule has 0 amide bonds. The van der Waals surface area contributed by atoms with Crippen molar-refractivity contribution in [2.75, 3.05) is 0 Å². The molecule has 1 aromatic rings. The minimum absolute atomic E-state index is 0.217. The fourth-order valence-corrected chi connectivity index (χ4v) is 1.70. The van der Waals surface area contributed by atoms with Crippen LogP contribution in [-0.4, -0.2) is 10.5 Å². The van der Waals surface area contributed by atoms with Crippen LogP contribution in [0.1, 0.15) is 18.9 Å². The molecule has 1 nitrogen and oxygen atoms in total. The smallest absolute Gasteiger partial charge is 0.0993 e. The zero-order valence-corrected chi connectivity index (χ0v) is 8.05. The number of benzene rings is 1. The van der Waals surface area contributed by atoms with Crippen molar-refractivity contribution in [3.05, 3.63) is 35.9 Å². The first-order chi connectivity index (χ1) is 5.83. The molecule has 0 aliphatic heterocycles. The third-order valence-electron chi connectivity index (χ3n) is 1.63. The van der Waals surface area contributed by atoms with Crippen LogP contribution in [0.15, 0.2) is 30.3 Å². The highest BCUT2D eigenvalue weighted by molar-refractivity contribution is 7.98. The molecule has 1 aromatic carbocycles. The summed E-state index contributed by atoms with van der Waals surface area (Å²) in [6.07, 6.45) is 0.817. The number of aliphatic hydroxyl groups excluding tert-OH is 1. The van der Waals surface area contributed by atoms with Crippen LogP contribution in [0.25, 0.3) is 0 Å². The number of thioether (sulfide) groups is 1. The lowest BCUT2D eigenvalue weighted by molar-refractivity contribution is 0.259. The zero-order chi connectivity index (χ0) is 8.81. The lowest BCUT2D eigenvalue weighted by atomic mass is 10.2. The number of aliphatic hydroxyl groups is 1. The Morgan fingerprint density at radius 3 is 2.58 bits per heavy atom. The Hall–Kier alpha value is -0.470. The van der Waals surface area contributed by atoms with Gasteiger partial charge in [0.1, 0.15) is 0 Å². The molecule has 0 radical (unpaired) electrons. The van der Waals surface area contributed by atoms with Crippen molar-refractivity contribution in [3.8, 4) is 0 Å². The molecule has 0 saturated carbocycles. The van der Waals surface area contributed by atoms with E-state index in [0.717, 1.165) is 12.2 Å². The quantitative estimate of drug-likeness (QED) is 0.722. The van der Waals surface area contributed by atoms with Crippen molar-refractivity contribution in [2.45, 2.75) is 24.5 Å². The Bertz CT molecular complexity index is 210. The van der Waals surface area contributed by atoms with E-state index in [-0.39, 0.29) is 5.44 Å². The summed E-state index contributed by atoms with van der Waals surface area (Å²) in [6, 6.07) is 10.2. The Morgan fingerprint density at radius 2 is 2.00 bits per heavy atom. The summed E-state index contributed by atoms with van der Waals surface area (Å²) in [6.45, 7) is 1.99. The normalized spacial score (nSPS) is 12.8. The summed E-state index contributed by atoms with van der Waals surface area (Å²) in [4.78, 5) is 0. The fourth-order valence-electron chi connectivity index (χ4n) is 0.885. The molecule has 0 saturated heterocycles. The molecule has 0 spiro atoms. The highest BCUT2D eigenvalue weighted by Crippen LogP contribution is 2.17. The SMILES string of the molecule is CCC(O)SCc1ccccc1. The molecular weight excluding hydrogens is 168 g/mol. The molecule has 12 heavy (non-hydrogen) atoms. The van der Waals surface area contributed by atoms with Gasteiger partial charge >= 0.3 is 0 Å². The van der Waals surface area contributed by atoms with Gasteiger partial charge in [0.05, 0.1) is 5.44 Å². The van der Waals surface area contributed by atoms with Crippen molar-refractivity contribution in [1.29, 1.82) is 0 Å². The lowest BCUT2D eigenvalue weighted by Gasteiger charge is -2.06. The Kier molecular flexibility index (Phi) is 4.19. The maximum Gasteiger partial charge on any atom is 0.0993 e. The Balaban J connectivity index is 2.33. The van der Waals surface area contributed by atoms with E-state index in [4.69, 9.17) is 0 Å². The minimum Gasteiger partial charge on any atom is -0.382 e. The van der Waals surface area contributed by atoms with Gasteiger partial charge in [-0.05, 0) is 12.0 Å². The Labute approximate surface area is 77.8 Å². The molecule has 0 aromatic heterocycles. The van der Waals surface area contributed by atoms with E-state index in [9.17, 15) is 5.11 Å². The van der Waals surface area contributed by atoms with Crippen LogP contribution >= 0.6 is 11.8 Å². The van der Waals surface area contributed by atoms with Crippen LogP contribution in [0.3, 0.4) is 0 Å². The van der Waals surface area contributed by atoms with Gasteiger partial charge in [-0.15, -0.1) is 11.8 Å². The second kappa shape index (κ2) is 5.22. The van der Waals surface area contributed by atoms with Crippen molar-refractivity contribution in [1.82, 2.24) is 0 Å². The first-order valence-corrected chi connectivity index (χ1v) is 5.21. The van der Waals surface area contributed by atoms with Gasteiger partial charge < -0.3 is 5.11 Å². The molecule has 0 bridgehead atoms. The molecule has 0 aliphatic rings. The van der Waals surface area contributed by atoms with E-state index >= 15 is 0 Å². The van der Waals surface area contributed by atoms with Gasteiger partial charge in [-0.25, -0.2) is 0 Å². The molecule has 0 fully saturated rings. The molecule has 0 heterocycles. The number of hydrogen-bond donors (Lipinski definition) is 1. The summed E-state index contributed by atoms with van der Waals surface area (Å²) in [5.41, 5.74) is 1.06. The van der Waals surface area contributed by atoms with Gasteiger partial charge in [0.2, 0.25) is 0 Å². The predicted octanol–water partition coefficient (Wildman–Crippen LogP) is 2.65. The first kappa shape index (κ1) is 9.62. The van der Waals surface area contributed by atoms with Crippen LogP contribution in [0.5, 0.6) is 0 Å². The predicted molar refractivity (Wildman–Crippen MR) is 54.0 cm³/mol. The standard InChI is InChI=1S/C10H14OS/c1-2-10(11)12-8-9-6-4-3-5-7-9/h3-7,10-11H,2,8H2,1H3. The van der Waals surface area contributed by atoms with E-state index in [2.05, 4.69) is 12.1 Å². The third-order valence-corrected chi connectivity index (χ3v) is 2.85. The molecule has 0 aliphatic carbocycles. The zero-order valence-electron chi connectivity index (χ0n) is 7.23. The average Bonchev–Trinajstić information content (AvgIpc) is 2.16. The van der Waals surface area contributed by atoms with Gasteiger partial charge in [-0.1, -0.05) is 37.3 Å². The van der Waals surface area contributed by atoms with E-state index < -0.39 is 0 Å². The van der Waals surface area contributed by atoms with Crippen molar-refractivity contribution in [2.24, 2.45) is 0 Å². The van der Waals surface area contributed by atoms with Crippen LogP contribution in [0, 0.1) is 0 Å². The van der Waals surface area contributed by atoms with Crippen LogP contribution in [0.4, 0.5) is 0 Å². The van der Waals surface area contributed by atoms with E-state index in [1.807, 2.05) is 25.1 Å². The molecule has 1 rings (SSSR count). The maximum absolute atomic E-state index is 9.28. The second-order valence-electron chi connectivity index (χ2n) is 2.66. The van der Waals surface area contributed by atoms with Crippen LogP contribution in [0.2, 0.25) is 0 Å². The monoisotopic (exact) mass is 182 g/mol. The van der Waals surface area contributed by atoms with E-state index in [0.29, 0.717) is 0 Å². The van der Waals surface area contributed by atoms with Gasteiger partial charge in [-0.2, -0.15) is 0 Å². The van der Waals surface area contributed by atoms with E-state index in [1.54, 1.807) is 11.8 Å². The summed E-state index contributed by atoms with van der Waals surface area (Å²) < 4.78 is 0. The fraction of sp³-hybridized carbons (Fsp3) is 0.400. The van der Waals surface area contributed by atoms with Crippen molar-refractivity contribution < 1.29 is 5.11 Å². The maximum atomic E-state index is 9.28. The lowest BCUT2D eigenvalue weighted by Crippen LogP contribution is -1.97. The highest BCUT2D eigenvalue weighted by atomic mass is 32.2. The molecule has 1 unspecified atom stereocenters. The largest absolute Gasteiger partial charge is 0.382 e. The van der Waals surface area contributed by atoms with Gasteiger partial charge in [0, 0.05) is 5.75 Å². The van der Waals surface area contributed by atoms with Gasteiger partial charge in [0.25, 0.3) is 0 Å². The van der Waals surface area contributed by atoms with Gasteiger partial charge in [-0.3, -0.25) is 0 Å². The average molecular weight is 182 g/mol. The summed E-state index contributed by atoms with van der Waals surface area (Å²) in [5, 5.41) is 9.28. The molecule has 1 N–H and O–H groups in total. The topological polar surface area (TPSA) is 20.2 Å². The van der Waals surface area contributed by atoms with Gasteiger partial charge in [0.15, 0.2) is 0 Å². The minimum atomic E-state index is -0.217. The molecule has 2 heteroatoms. The molecule has 66 valence electrons. The summed E-state index contributed by atoms with van der Waals surface area (Å²) in [5.74, 6) is 0.899. The van der Waals surface area contributed by atoms with E-state index in [1.165, 1.54) is 5.56 Å². The third kappa shape index (κ3) is 3.28. The highest BCUT2D eigenvalue weighted by Gasteiger charge is 2.00. The number of hydrogen-bond acceptors (Lipinski definition) is 2. The van der Waals surface area contributed by atoms with Crippen LogP contribution in [-0.2, 0) is 5.75 Å². The second-order valence-corrected chi connectivity index (χ2v) is 3.83. The summed E-state index contributed by atoms with van der Waals surface area (Å²) >= 11 is 1.59. The Morgan fingerprint density at radius 1 is 1.33 bits per heavy atom.